The number of pyridine rings is 1. The van der Waals surface area contributed by atoms with E-state index >= 15 is 0 Å². The van der Waals surface area contributed by atoms with E-state index in [2.05, 4.69) is 43.2 Å². The minimum Gasteiger partial charge on any atom is -0.302 e. The highest BCUT2D eigenvalue weighted by molar-refractivity contribution is 7.19. The SMILES string of the molecule is CC(=O)Nc1nc2c(s1)-c1nc(C(C)(C)C)ccc1CC2. The summed E-state index contributed by atoms with van der Waals surface area (Å²) in [6.45, 7) is 8.01. The number of nitrogens with zero attached hydrogens (tertiary/aromatic N) is 2. The molecule has 0 radical (unpaired) electrons. The summed E-state index contributed by atoms with van der Waals surface area (Å²) in [5.74, 6) is -0.0854. The molecule has 0 atom stereocenters. The van der Waals surface area contributed by atoms with Crippen LogP contribution in [0.2, 0.25) is 0 Å². The van der Waals surface area contributed by atoms with Gasteiger partial charge in [-0.15, -0.1) is 0 Å². The molecule has 5 heteroatoms. The number of aromatic nitrogens is 2. The number of thiazole rings is 1. The Kier molecular flexibility index (Phi) is 3.32. The van der Waals surface area contributed by atoms with Crippen LogP contribution in [0, 0.1) is 0 Å². The fourth-order valence-electron chi connectivity index (χ4n) is 2.47. The van der Waals surface area contributed by atoms with Gasteiger partial charge < -0.3 is 5.32 Å². The number of amides is 1. The smallest absolute Gasteiger partial charge is 0.223 e. The molecule has 1 N–H and O–H groups in total. The number of nitrogens with one attached hydrogen (secondary N) is 1. The summed E-state index contributed by atoms with van der Waals surface area (Å²) in [6.07, 6.45) is 1.87. The van der Waals surface area contributed by atoms with Crippen molar-refractivity contribution >= 4 is 22.4 Å². The van der Waals surface area contributed by atoms with Gasteiger partial charge in [0, 0.05) is 18.0 Å². The fraction of sp³-hybridized carbons (Fsp3) is 0.438. The van der Waals surface area contributed by atoms with Crippen molar-refractivity contribution in [2.45, 2.75) is 46.0 Å². The number of hydrogen-bond acceptors (Lipinski definition) is 4. The Morgan fingerprint density at radius 1 is 1.24 bits per heavy atom. The highest BCUT2D eigenvalue weighted by Gasteiger charge is 2.25. The molecule has 0 unspecified atom stereocenters. The van der Waals surface area contributed by atoms with Crippen molar-refractivity contribution in [3.8, 4) is 10.6 Å². The van der Waals surface area contributed by atoms with E-state index in [0.717, 1.165) is 34.8 Å². The van der Waals surface area contributed by atoms with Gasteiger partial charge in [-0.05, 0) is 24.5 Å². The van der Waals surface area contributed by atoms with E-state index in [1.54, 1.807) is 0 Å². The summed E-state index contributed by atoms with van der Waals surface area (Å²) >= 11 is 1.52. The maximum Gasteiger partial charge on any atom is 0.223 e. The molecular formula is C16H19N3OS. The summed E-state index contributed by atoms with van der Waals surface area (Å²) in [4.78, 5) is 21.7. The largest absolute Gasteiger partial charge is 0.302 e. The second-order valence-corrected chi connectivity index (χ2v) is 7.43. The van der Waals surface area contributed by atoms with E-state index in [-0.39, 0.29) is 11.3 Å². The van der Waals surface area contributed by atoms with Crippen LogP contribution in [0.25, 0.3) is 10.6 Å². The lowest BCUT2D eigenvalue weighted by Gasteiger charge is -2.21. The number of rotatable bonds is 1. The van der Waals surface area contributed by atoms with Gasteiger partial charge in [0.2, 0.25) is 5.91 Å². The van der Waals surface area contributed by atoms with Crippen LogP contribution in [0.3, 0.4) is 0 Å². The van der Waals surface area contributed by atoms with Gasteiger partial charge in [0.05, 0.1) is 16.3 Å². The average molecular weight is 301 g/mol. The van der Waals surface area contributed by atoms with Gasteiger partial charge in [0.15, 0.2) is 5.13 Å². The van der Waals surface area contributed by atoms with Crippen molar-refractivity contribution in [3.05, 3.63) is 29.1 Å². The summed E-state index contributed by atoms with van der Waals surface area (Å²) in [5.41, 5.74) is 4.47. The van der Waals surface area contributed by atoms with Gasteiger partial charge in [-0.1, -0.05) is 38.2 Å². The van der Waals surface area contributed by atoms with Gasteiger partial charge in [0.25, 0.3) is 0 Å². The van der Waals surface area contributed by atoms with Crippen LogP contribution >= 0.6 is 11.3 Å². The molecule has 0 aromatic carbocycles. The maximum atomic E-state index is 11.2. The molecule has 2 heterocycles. The first-order chi connectivity index (χ1) is 9.84. The minimum atomic E-state index is -0.0854. The first-order valence-electron chi connectivity index (χ1n) is 7.12. The number of aryl methyl sites for hydroxylation is 2. The van der Waals surface area contributed by atoms with E-state index in [1.165, 1.54) is 23.8 Å². The molecular weight excluding hydrogens is 282 g/mol. The van der Waals surface area contributed by atoms with Crippen LogP contribution in [0.4, 0.5) is 5.13 Å². The first kappa shape index (κ1) is 14.2. The number of fused-ring (bicyclic) bond motifs is 3. The molecule has 110 valence electrons. The quantitative estimate of drug-likeness (QED) is 0.876. The second kappa shape index (κ2) is 4.91. The topological polar surface area (TPSA) is 54.9 Å². The highest BCUT2D eigenvalue weighted by atomic mass is 32.1. The van der Waals surface area contributed by atoms with Crippen molar-refractivity contribution < 1.29 is 4.79 Å². The zero-order chi connectivity index (χ0) is 15.2. The van der Waals surface area contributed by atoms with Crippen LogP contribution in [0.5, 0.6) is 0 Å². The molecule has 3 rings (SSSR count). The zero-order valence-electron chi connectivity index (χ0n) is 12.8. The van der Waals surface area contributed by atoms with E-state index in [9.17, 15) is 4.79 Å². The third-order valence-electron chi connectivity index (χ3n) is 3.57. The highest BCUT2D eigenvalue weighted by Crippen LogP contribution is 2.39. The van der Waals surface area contributed by atoms with E-state index in [0.29, 0.717) is 5.13 Å². The number of anilines is 1. The van der Waals surface area contributed by atoms with Crippen LogP contribution in [-0.2, 0) is 23.1 Å². The van der Waals surface area contributed by atoms with Crippen LogP contribution in [-0.4, -0.2) is 15.9 Å². The normalized spacial score (nSPS) is 13.5. The molecule has 0 saturated heterocycles. The Hall–Kier alpha value is -1.75. The molecule has 0 fully saturated rings. The molecule has 1 aliphatic rings. The summed E-state index contributed by atoms with van der Waals surface area (Å²) in [6, 6.07) is 4.31. The minimum absolute atomic E-state index is 0.0256. The lowest BCUT2D eigenvalue weighted by molar-refractivity contribution is -0.114. The van der Waals surface area contributed by atoms with Crippen molar-refractivity contribution in [3.63, 3.8) is 0 Å². The zero-order valence-corrected chi connectivity index (χ0v) is 13.6. The Bertz CT molecular complexity index is 713. The Morgan fingerprint density at radius 2 is 2.00 bits per heavy atom. The number of carbonyl (C=O) groups excluding carboxylic acids is 1. The van der Waals surface area contributed by atoms with Crippen molar-refractivity contribution in [1.82, 2.24) is 9.97 Å². The van der Waals surface area contributed by atoms with E-state index in [1.807, 2.05) is 0 Å². The fourth-order valence-corrected chi connectivity index (χ4v) is 3.55. The Morgan fingerprint density at radius 3 is 2.67 bits per heavy atom. The van der Waals surface area contributed by atoms with Gasteiger partial charge in [-0.25, -0.2) is 4.98 Å². The van der Waals surface area contributed by atoms with Crippen molar-refractivity contribution in [1.29, 1.82) is 0 Å². The Balaban J connectivity index is 2.08. The first-order valence-corrected chi connectivity index (χ1v) is 7.94. The van der Waals surface area contributed by atoms with E-state index in [4.69, 9.17) is 4.98 Å². The van der Waals surface area contributed by atoms with Gasteiger partial charge in [-0.3, -0.25) is 9.78 Å². The molecule has 0 saturated carbocycles. The predicted octanol–water partition coefficient (Wildman–Crippen LogP) is 3.56. The number of carbonyl (C=O) groups is 1. The van der Waals surface area contributed by atoms with Crippen LogP contribution < -0.4 is 5.32 Å². The summed E-state index contributed by atoms with van der Waals surface area (Å²) in [7, 11) is 0. The molecule has 21 heavy (non-hydrogen) atoms. The van der Waals surface area contributed by atoms with Crippen LogP contribution in [0.15, 0.2) is 12.1 Å². The molecule has 1 aliphatic carbocycles. The lowest BCUT2D eigenvalue weighted by atomic mass is 9.89. The third-order valence-corrected chi connectivity index (χ3v) is 4.59. The van der Waals surface area contributed by atoms with Gasteiger partial charge in [-0.2, -0.15) is 0 Å². The molecule has 4 nitrogen and oxygen atoms in total. The van der Waals surface area contributed by atoms with Gasteiger partial charge >= 0.3 is 0 Å². The third kappa shape index (κ3) is 2.70. The van der Waals surface area contributed by atoms with Gasteiger partial charge in [0.1, 0.15) is 0 Å². The molecule has 2 aromatic rings. The van der Waals surface area contributed by atoms with E-state index < -0.39 is 0 Å². The predicted molar refractivity (Wildman–Crippen MR) is 85.8 cm³/mol. The molecule has 0 bridgehead atoms. The monoisotopic (exact) mass is 301 g/mol. The average Bonchev–Trinajstić information content (AvgIpc) is 2.78. The number of hydrogen-bond donors (Lipinski definition) is 1. The summed E-state index contributed by atoms with van der Waals surface area (Å²) < 4.78 is 0. The van der Waals surface area contributed by atoms with Crippen molar-refractivity contribution in [2.75, 3.05) is 5.32 Å². The Labute approximate surface area is 128 Å². The standard InChI is InChI=1S/C16H19N3OS/c1-9(20)17-15-18-11-7-5-10-6-8-12(16(2,3)4)19-13(10)14(11)21-15/h6,8H,5,7H2,1-4H3,(H,17,18,20). The molecule has 1 amide bonds. The summed E-state index contributed by atoms with van der Waals surface area (Å²) in [5, 5.41) is 3.45. The lowest BCUT2D eigenvalue weighted by Crippen LogP contribution is -2.15. The molecule has 0 aliphatic heterocycles. The van der Waals surface area contributed by atoms with Crippen LogP contribution in [0.1, 0.15) is 44.6 Å². The molecule has 0 spiro atoms. The molecule has 2 aromatic heterocycles. The maximum absolute atomic E-state index is 11.2. The second-order valence-electron chi connectivity index (χ2n) is 6.43. The van der Waals surface area contributed by atoms with Crippen molar-refractivity contribution in [2.24, 2.45) is 0 Å².